The summed E-state index contributed by atoms with van der Waals surface area (Å²) in [5, 5.41) is 7.01. The summed E-state index contributed by atoms with van der Waals surface area (Å²) in [7, 11) is 0. The highest BCUT2D eigenvalue weighted by Crippen LogP contribution is 2.53. The molecular formula is C62H59NO4. The summed E-state index contributed by atoms with van der Waals surface area (Å²) in [6.07, 6.45) is 0. The number of carbonyl (C=O) groups excluding carboxylic acids is 2. The second-order valence-electron chi connectivity index (χ2n) is 22.5. The van der Waals surface area contributed by atoms with Crippen LogP contribution in [0, 0.1) is 0 Å². The molecule has 0 fully saturated rings. The third-order valence-electron chi connectivity index (χ3n) is 13.7. The van der Waals surface area contributed by atoms with Crippen molar-refractivity contribution in [2.24, 2.45) is 0 Å². The van der Waals surface area contributed by atoms with E-state index in [1.807, 2.05) is 48.5 Å². The first-order valence-corrected chi connectivity index (χ1v) is 23.5. The zero-order chi connectivity index (χ0) is 47.5. The van der Waals surface area contributed by atoms with Crippen LogP contribution in [-0.2, 0) is 21.7 Å². The maximum atomic E-state index is 15.7. The number of rotatable bonds is 6. The molecule has 336 valence electrons. The molecule has 0 aliphatic carbocycles. The summed E-state index contributed by atoms with van der Waals surface area (Å²) in [4.78, 5) is 32.8. The van der Waals surface area contributed by atoms with Gasteiger partial charge in [-0.15, -0.1) is 0 Å². The van der Waals surface area contributed by atoms with Gasteiger partial charge >= 0.3 is 0 Å². The van der Waals surface area contributed by atoms with Gasteiger partial charge in [0.2, 0.25) is 0 Å². The van der Waals surface area contributed by atoms with Gasteiger partial charge in [-0.1, -0.05) is 180 Å². The molecule has 5 nitrogen and oxygen atoms in total. The summed E-state index contributed by atoms with van der Waals surface area (Å²) in [6, 6.07) is 47.7. The van der Waals surface area contributed by atoms with Crippen molar-refractivity contribution in [2.75, 3.05) is 4.90 Å². The van der Waals surface area contributed by atoms with Crippen LogP contribution < -0.4 is 14.4 Å². The minimum Gasteiger partial charge on any atom is -0.457 e. The lowest BCUT2D eigenvalue weighted by molar-refractivity contribution is 0.0892. The predicted molar refractivity (Wildman–Crippen MR) is 279 cm³/mol. The van der Waals surface area contributed by atoms with Gasteiger partial charge in [-0.2, -0.15) is 0 Å². The minimum absolute atomic E-state index is 0.0547. The summed E-state index contributed by atoms with van der Waals surface area (Å²) < 4.78 is 14.2. The summed E-state index contributed by atoms with van der Waals surface area (Å²) in [5.74, 6) is 1.54. The fourth-order valence-corrected chi connectivity index (χ4v) is 9.98. The van der Waals surface area contributed by atoms with Crippen molar-refractivity contribution in [2.45, 2.75) is 105 Å². The van der Waals surface area contributed by atoms with Crippen LogP contribution in [0.15, 0.2) is 140 Å². The highest BCUT2D eigenvalue weighted by atomic mass is 16.5. The van der Waals surface area contributed by atoms with Crippen LogP contribution in [0.5, 0.6) is 23.0 Å². The molecular weight excluding hydrogens is 823 g/mol. The molecule has 0 radical (unpaired) electrons. The molecule has 0 unspecified atom stereocenters. The molecule has 1 heterocycles. The Kier molecular flexibility index (Phi) is 10.0. The van der Waals surface area contributed by atoms with Gasteiger partial charge in [0, 0.05) is 21.5 Å². The molecule has 67 heavy (non-hydrogen) atoms. The first-order valence-electron chi connectivity index (χ1n) is 23.5. The van der Waals surface area contributed by atoms with Gasteiger partial charge < -0.3 is 9.47 Å². The average Bonchev–Trinajstić information content (AvgIpc) is 3.27. The number of hydrogen-bond donors (Lipinski definition) is 0. The molecule has 0 saturated heterocycles. The third-order valence-corrected chi connectivity index (χ3v) is 13.7. The second kappa shape index (κ2) is 15.3. The first kappa shape index (κ1) is 43.9. The Balaban J connectivity index is 1.34. The van der Waals surface area contributed by atoms with Crippen molar-refractivity contribution in [1.82, 2.24) is 0 Å². The number of hydrogen-bond acceptors (Lipinski definition) is 4. The SMILES string of the molecule is CC(C)(C)c1ccc(Oc2cc3c4c(cc(Oc5ccc(C(C)(C)C)cc5)c5c6ccc(-c7ccccc7)c7cccc(c2c45)c76)C(=O)N(c2cc(C(C)(C)C)ccc2C(C)(C)C)C3=O)cc1. The van der Waals surface area contributed by atoms with Gasteiger partial charge in [-0.05, 0) is 119 Å². The molecule has 10 rings (SSSR count). The molecule has 0 N–H and O–H groups in total. The summed E-state index contributed by atoms with van der Waals surface area (Å²) >= 11 is 0. The molecule has 0 saturated carbocycles. The van der Waals surface area contributed by atoms with Gasteiger partial charge in [-0.25, -0.2) is 4.90 Å². The van der Waals surface area contributed by atoms with Crippen molar-refractivity contribution >= 4 is 60.6 Å². The molecule has 0 spiro atoms. The van der Waals surface area contributed by atoms with E-state index in [1.165, 1.54) is 16.0 Å². The van der Waals surface area contributed by atoms with Crippen LogP contribution in [0.1, 0.15) is 126 Å². The number of imide groups is 1. The Morgan fingerprint density at radius 1 is 0.373 bits per heavy atom. The number of amides is 2. The van der Waals surface area contributed by atoms with Crippen molar-refractivity contribution in [3.8, 4) is 34.1 Å². The molecule has 0 atom stereocenters. The largest absolute Gasteiger partial charge is 0.457 e. The topological polar surface area (TPSA) is 55.8 Å². The molecule has 9 aromatic carbocycles. The van der Waals surface area contributed by atoms with E-state index in [2.05, 4.69) is 174 Å². The Labute approximate surface area is 394 Å². The molecule has 0 aromatic heterocycles. The second-order valence-corrected chi connectivity index (χ2v) is 22.5. The lowest BCUT2D eigenvalue weighted by Crippen LogP contribution is -2.42. The third kappa shape index (κ3) is 7.40. The van der Waals surface area contributed by atoms with E-state index in [1.54, 1.807) is 0 Å². The van der Waals surface area contributed by atoms with Gasteiger partial charge in [0.15, 0.2) is 0 Å². The predicted octanol–water partition coefficient (Wildman–Crippen LogP) is 17.0. The van der Waals surface area contributed by atoms with Crippen LogP contribution in [-0.4, -0.2) is 11.8 Å². The van der Waals surface area contributed by atoms with E-state index in [-0.39, 0.29) is 16.2 Å². The summed E-state index contributed by atoms with van der Waals surface area (Å²) in [6.45, 7) is 26.0. The molecule has 1 aliphatic heterocycles. The first-order chi connectivity index (χ1) is 31.6. The Hall–Kier alpha value is -6.98. The lowest BCUT2D eigenvalue weighted by Gasteiger charge is -2.34. The van der Waals surface area contributed by atoms with Crippen molar-refractivity contribution in [3.05, 3.63) is 173 Å². The van der Waals surface area contributed by atoms with E-state index >= 15 is 9.59 Å². The van der Waals surface area contributed by atoms with Gasteiger partial charge in [0.1, 0.15) is 23.0 Å². The average molecular weight is 882 g/mol. The maximum Gasteiger partial charge on any atom is 0.266 e. The van der Waals surface area contributed by atoms with Crippen molar-refractivity contribution in [3.63, 3.8) is 0 Å². The number of fused-ring (bicyclic) bond motifs is 2. The van der Waals surface area contributed by atoms with Crippen molar-refractivity contribution in [1.29, 1.82) is 0 Å². The maximum absolute atomic E-state index is 15.7. The fraction of sp³-hybridized carbons (Fsp3) is 0.258. The zero-order valence-corrected chi connectivity index (χ0v) is 40.9. The van der Waals surface area contributed by atoms with Crippen LogP contribution in [0.4, 0.5) is 5.69 Å². The van der Waals surface area contributed by atoms with E-state index in [9.17, 15) is 0 Å². The normalized spacial score (nSPS) is 13.7. The van der Waals surface area contributed by atoms with Crippen LogP contribution in [0.25, 0.3) is 54.2 Å². The number of nitrogens with zero attached hydrogens (tertiary/aromatic N) is 1. The molecule has 1 aliphatic rings. The number of ether oxygens (including phenoxy) is 2. The van der Waals surface area contributed by atoms with Gasteiger partial charge in [0.05, 0.1) is 16.8 Å². The van der Waals surface area contributed by atoms with Gasteiger partial charge in [-0.3, -0.25) is 9.59 Å². The van der Waals surface area contributed by atoms with Crippen LogP contribution >= 0.6 is 0 Å². The molecule has 2 amide bonds. The standard InChI is InChI=1S/C62H59NO4/c1-59(2,3)37-21-26-40(27-22-37)66-50-34-46-53-47(58(65)63(57(46)64)49-33-39(61(7,8)9)25-32-48(49)62(10,11)12)35-51(67-41-28-23-38(24-29-41)60(4,5)6)55-45-31-30-42(36-17-14-13-15-18-36)43-19-16-20-44(52(43)45)54(50)56(53)55/h13-35H,1-12H3. The molecule has 0 bridgehead atoms. The monoisotopic (exact) mass is 881 g/mol. The number of carbonyl (C=O) groups is 2. The Morgan fingerprint density at radius 2 is 0.851 bits per heavy atom. The molecule has 5 heteroatoms. The number of anilines is 1. The van der Waals surface area contributed by atoms with Crippen LogP contribution in [0.3, 0.4) is 0 Å². The number of benzene rings is 9. The fourth-order valence-electron chi connectivity index (χ4n) is 9.98. The highest BCUT2D eigenvalue weighted by molar-refractivity contribution is 6.44. The lowest BCUT2D eigenvalue weighted by atomic mass is 9.79. The summed E-state index contributed by atoms with van der Waals surface area (Å²) in [5.41, 5.74) is 7.13. The minimum atomic E-state index is -0.394. The van der Waals surface area contributed by atoms with Crippen LogP contribution in [0.2, 0.25) is 0 Å². The van der Waals surface area contributed by atoms with E-state index in [0.29, 0.717) is 45.2 Å². The van der Waals surface area contributed by atoms with Gasteiger partial charge in [0.25, 0.3) is 11.8 Å². The van der Waals surface area contributed by atoms with E-state index < -0.39 is 17.2 Å². The Bertz CT molecular complexity index is 3310. The Morgan fingerprint density at radius 3 is 1.34 bits per heavy atom. The molecule has 9 aromatic rings. The smallest absolute Gasteiger partial charge is 0.266 e. The quantitative estimate of drug-likeness (QED) is 0.0948. The zero-order valence-electron chi connectivity index (χ0n) is 40.9. The van der Waals surface area contributed by atoms with E-state index in [0.717, 1.165) is 60.0 Å². The highest BCUT2D eigenvalue weighted by Gasteiger charge is 2.40. The van der Waals surface area contributed by atoms with E-state index in [4.69, 9.17) is 9.47 Å². The van der Waals surface area contributed by atoms with Crippen molar-refractivity contribution < 1.29 is 19.1 Å².